The highest BCUT2D eigenvalue weighted by Crippen LogP contribution is 2.65. The molecular formula is C117H212O27Si2. The van der Waals surface area contributed by atoms with Crippen molar-refractivity contribution in [3.05, 3.63) is 35.5 Å². The summed E-state index contributed by atoms with van der Waals surface area (Å²) in [6.45, 7) is 63.6. The third kappa shape index (κ3) is 32.8. The maximum absolute atomic E-state index is 13.0. The fourth-order valence-corrected chi connectivity index (χ4v) is 31.2. The minimum atomic E-state index is -1.61. The highest BCUT2D eigenvalue weighted by Gasteiger charge is 2.63. The molecule has 0 aromatic carbocycles. The van der Waals surface area contributed by atoms with E-state index in [-0.39, 0.29) is 111 Å². The summed E-state index contributed by atoms with van der Waals surface area (Å²) in [4.78, 5) is 60.1. The number of cyclic esters (lactones) is 4. The van der Waals surface area contributed by atoms with E-state index in [0.717, 1.165) is 56.0 Å². The molecule has 9 aliphatic carbocycles. The molecular weight excluding hydrogens is 1890 g/mol. The lowest BCUT2D eigenvalue weighted by Crippen LogP contribution is -2.51. The van der Waals surface area contributed by atoms with Crippen LogP contribution in [0, 0.1) is 133 Å². The van der Waals surface area contributed by atoms with Crippen molar-refractivity contribution in [1.82, 2.24) is 0 Å². The zero-order valence-electron chi connectivity index (χ0n) is 94.5. The maximum Gasteiger partial charge on any atom is 0.343 e. The average molecular weight is 2110 g/mol. The van der Waals surface area contributed by atoms with Gasteiger partial charge in [-0.1, -0.05) is 184 Å². The van der Waals surface area contributed by atoms with Gasteiger partial charge in [0.15, 0.2) is 39.5 Å². The molecule has 13 fully saturated rings. The second-order valence-electron chi connectivity index (χ2n) is 52.9. The van der Waals surface area contributed by atoms with E-state index < -0.39 is 94.4 Å². The average Bonchev–Trinajstić information content (AvgIpc) is 1.60. The van der Waals surface area contributed by atoms with Crippen LogP contribution in [0.15, 0.2) is 35.5 Å². The molecule has 4 saturated heterocycles. The molecule has 0 aromatic rings. The van der Waals surface area contributed by atoms with Crippen LogP contribution < -0.4 is 0 Å². The lowest BCUT2D eigenvalue weighted by Gasteiger charge is -2.48. The van der Waals surface area contributed by atoms with Crippen LogP contribution in [0.25, 0.3) is 0 Å². The fourth-order valence-electron chi connectivity index (χ4n) is 28.8. The Labute approximate surface area is 886 Å². The number of esters is 4. The lowest BCUT2D eigenvalue weighted by atomic mass is 9.60. The van der Waals surface area contributed by atoms with Crippen LogP contribution in [0.1, 0.15) is 341 Å². The molecule has 146 heavy (non-hydrogen) atoms. The molecule has 7 unspecified atom stereocenters. The van der Waals surface area contributed by atoms with Gasteiger partial charge in [0.05, 0.1) is 56.9 Å². The van der Waals surface area contributed by atoms with Gasteiger partial charge >= 0.3 is 23.9 Å². The number of hydrogen-bond acceptors (Lipinski definition) is 27. The van der Waals surface area contributed by atoms with Crippen molar-refractivity contribution in [1.29, 1.82) is 0 Å². The van der Waals surface area contributed by atoms with Crippen LogP contribution >= 0.6 is 0 Å². The van der Waals surface area contributed by atoms with Gasteiger partial charge in [-0.25, -0.2) is 19.2 Å². The Morgan fingerprint density at radius 1 is 0.500 bits per heavy atom. The predicted molar refractivity (Wildman–Crippen MR) is 577 cm³/mol. The second-order valence-corrected chi connectivity index (χ2v) is 61.8. The smallest absolute Gasteiger partial charge is 0.343 e. The van der Waals surface area contributed by atoms with Gasteiger partial charge in [0.25, 0.3) is 0 Å². The number of aldehydes is 1. The molecule has 29 heteroatoms. The summed E-state index contributed by atoms with van der Waals surface area (Å²) < 4.78 is 95.5. The quantitative estimate of drug-likeness (QED) is 0.00963. The highest BCUT2D eigenvalue weighted by atomic mass is 28.4. The number of carbonyl (C=O) groups excluding carboxylic acids is 5. The standard InChI is InChI=1S/2C29H54O7Si.C28H42O5.C20H36O5.C8H14O3.3CH4/c2*1-19(21-13-14-22-23(36-37(8,9)10)12-11-15-28(21,22)5)16-20(17-33-18-32-7)24(30)29(6)25(31)34-26(35-29)27(2,3)4;1-17(12-19-15-28(4,32)26(31)33-16-19)23-9-10-24-20(6-5-11-27(23,24)3)7-8-21-13-22(29)14-25(30)18(21)2;1-15(10-16(11-21)12-24-13-22-3)17-7-8-18-19(25-14-23-4)6-5-9-20(17,18)2;1-5-6(9)11-7(10-5)8(2,3)4;;;/h2*19-24,26,30H,11-18H2,1-10H3;7-8,17,19,22-25,29-30,32H,2,5-6,9-16H2,1,3-4H3;11,15-19H,5-10,12-14H2,1-4H3;5,7H,1-4H3;3*1H4/b;;20-7+,21-8-;;;;;/t19-,20+,21-,22?,23+,24?,26-,28-,29-;19-,20-,21-,22?,23+,24?,26-,28-,29-;17-,19+,22-,23-,24?,25+,27-,28-;15-,16?,17-,18?,19+,20-;5-,7-;;;/m11110.../s1. The topological polar surface area (TPSA) is 343 Å². The third-order valence-electron chi connectivity index (χ3n) is 35.9. The summed E-state index contributed by atoms with van der Waals surface area (Å²) >= 11 is 0. The normalized spacial score (nSPS) is 37.4. The Morgan fingerprint density at radius 3 is 1.29 bits per heavy atom. The number of allylic oxidation sites excluding steroid dienone is 3. The molecule has 0 amide bonds. The molecule has 4 aliphatic heterocycles. The van der Waals surface area contributed by atoms with Crippen molar-refractivity contribution < 1.29 is 129 Å². The van der Waals surface area contributed by atoms with Gasteiger partial charge < -0.3 is 110 Å². The first-order valence-electron chi connectivity index (χ1n) is 55.0. The monoisotopic (exact) mass is 2110 g/mol. The summed E-state index contributed by atoms with van der Waals surface area (Å²) in [6, 6.07) is 0. The zero-order chi connectivity index (χ0) is 107. The minimum absolute atomic E-state index is 0. The molecule has 0 aromatic heterocycles. The summed E-state index contributed by atoms with van der Waals surface area (Å²) in [6.07, 6.45) is 29.9. The van der Waals surface area contributed by atoms with Crippen molar-refractivity contribution in [2.45, 2.75) is 465 Å². The van der Waals surface area contributed by atoms with Gasteiger partial charge in [-0.05, 0) is 324 Å². The number of methoxy groups -OCH3 is 4. The molecule has 0 radical (unpaired) electrons. The van der Waals surface area contributed by atoms with Gasteiger partial charge in [0.1, 0.15) is 33.5 Å². The number of carbonyl (C=O) groups is 5. The van der Waals surface area contributed by atoms with Gasteiger partial charge in [-0.15, -0.1) is 0 Å². The van der Waals surface area contributed by atoms with E-state index in [2.05, 4.69) is 113 Å². The summed E-state index contributed by atoms with van der Waals surface area (Å²) in [5, 5.41) is 53.8. The van der Waals surface area contributed by atoms with Crippen LogP contribution in [0.4, 0.5) is 0 Å². The SMILES string of the molecule is C.C.C.C=C1/C(=C\C=C2/CCC[C@@]3(C)C2CC[C@@H]3[C@H](C)C[C@@H]2COC(=O)[C@](C)(O)C2)C[C@@H](O)C[C@@H]1O.COCOCC(C=O)C[C@@H](C)[C@H]1CCC2[C@@H](OCOC)CCC[C@@]21C.COCOC[C@@H](C[C@@H](C)[C@H]1CCC2[C@@H](O[Si](C)(C)C)CCC[C@@]21C)C(O)[C@@]1(C)O[C@H](C(C)(C)C)OC1=O.COCOC[C@H](C[C@@H](C)[C@H]1CCC2[C@@H](O[Si](C)(C)C)CCC[C@@]21C)C(O)[C@@]1(C)O[C@H](C(C)(C)C)OC1=O.C[C@@H]1O[C@H](C(C)(C)C)OC1=O. The van der Waals surface area contributed by atoms with E-state index in [1.54, 1.807) is 56.1 Å². The number of rotatable bonds is 37. The third-order valence-corrected chi connectivity index (χ3v) is 38.0. The van der Waals surface area contributed by atoms with Crippen LogP contribution in [-0.2, 0) is 104 Å². The van der Waals surface area contributed by atoms with Crippen molar-refractivity contribution in [3.8, 4) is 0 Å². The van der Waals surface area contributed by atoms with Crippen molar-refractivity contribution in [3.63, 3.8) is 0 Å². The summed E-state index contributed by atoms with van der Waals surface area (Å²) in [5.74, 6) is 4.26. The molecule has 4 heterocycles. The van der Waals surface area contributed by atoms with E-state index in [0.29, 0.717) is 147 Å². The molecule has 5 N–H and O–H groups in total. The molecule has 0 bridgehead atoms. The number of aliphatic hydroxyl groups excluding tert-OH is 4. The van der Waals surface area contributed by atoms with Crippen LogP contribution in [0.2, 0.25) is 39.3 Å². The van der Waals surface area contributed by atoms with E-state index in [4.69, 9.17) is 79.9 Å². The first-order valence-corrected chi connectivity index (χ1v) is 61.8. The Bertz CT molecular complexity index is 3960. The minimum Gasteiger partial charge on any atom is -0.463 e. The van der Waals surface area contributed by atoms with Gasteiger partial charge in [0, 0.05) is 81.1 Å². The van der Waals surface area contributed by atoms with E-state index in [1.165, 1.54) is 121 Å². The number of ether oxygens (including phenoxy) is 15. The maximum atomic E-state index is 13.0. The van der Waals surface area contributed by atoms with Gasteiger partial charge in [-0.2, -0.15) is 0 Å². The highest BCUT2D eigenvalue weighted by molar-refractivity contribution is 6.70. The molecule has 13 aliphatic rings. The molecule has 9 saturated carbocycles. The lowest BCUT2D eigenvalue weighted by molar-refractivity contribution is -0.180. The second kappa shape index (κ2) is 54.9. The Morgan fingerprint density at radius 2 is 0.904 bits per heavy atom. The largest absolute Gasteiger partial charge is 0.463 e. The van der Waals surface area contributed by atoms with Crippen LogP contribution in [0.3, 0.4) is 0 Å². The van der Waals surface area contributed by atoms with Crippen molar-refractivity contribution >= 4 is 46.8 Å². The predicted octanol–water partition coefficient (Wildman–Crippen LogP) is 22.9. The first-order chi connectivity index (χ1) is 66.5. The van der Waals surface area contributed by atoms with Crippen LogP contribution in [-0.4, -0.2) is 239 Å². The van der Waals surface area contributed by atoms with E-state index >= 15 is 0 Å². The Balaban J connectivity index is 0.000000287. The zero-order valence-corrected chi connectivity index (χ0v) is 96.5. The van der Waals surface area contributed by atoms with Gasteiger partial charge in [0.2, 0.25) is 18.9 Å². The van der Waals surface area contributed by atoms with E-state index in [1.807, 2.05) is 62.3 Å². The van der Waals surface area contributed by atoms with Crippen molar-refractivity contribution in [2.75, 3.05) is 82.0 Å². The van der Waals surface area contributed by atoms with E-state index in [9.17, 15) is 49.5 Å². The van der Waals surface area contributed by atoms with Crippen LogP contribution in [0.5, 0.6) is 0 Å². The van der Waals surface area contributed by atoms with Gasteiger partial charge in [-0.3, -0.25) is 0 Å². The number of aliphatic hydroxyl groups is 5. The van der Waals surface area contributed by atoms with Crippen molar-refractivity contribution in [2.24, 2.45) is 133 Å². The Kier molecular flexibility index (Phi) is 49.3. The molecule has 13 rings (SSSR count). The Hall–Kier alpha value is -3.52. The molecule has 27 nitrogen and oxygen atoms in total. The number of fused-ring (bicyclic) bond motifs is 4. The molecule has 34 atom stereocenters. The number of hydrogen-bond donors (Lipinski definition) is 5. The summed E-state index contributed by atoms with van der Waals surface area (Å²) in [7, 11) is 3.23. The fraction of sp³-hybridized carbons (Fsp3) is 0.906. The molecule has 850 valence electrons. The first kappa shape index (κ1) is 131. The molecule has 0 spiro atoms. The summed E-state index contributed by atoms with van der Waals surface area (Å²) in [5.41, 5.74) is -0.840.